The summed E-state index contributed by atoms with van der Waals surface area (Å²) < 4.78 is 2.15. The molecule has 0 bridgehead atoms. The summed E-state index contributed by atoms with van der Waals surface area (Å²) in [5.41, 5.74) is 0.130. The van der Waals surface area contributed by atoms with Gasteiger partial charge in [0, 0.05) is 25.2 Å². The van der Waals surface area contributed by atoms with E-state index < -0.39 is 17.2 Å². The third-order valence-corrected chi connectivity index (χ3v) is 6.11. The second-order valence-corrected chi connectivity index (χ2v) is 9.03. The van der Waals surface area contributed by atoms with Crippen LogP contribution in [-0.2, 0) is 26.9 Å². The molecule has 0 fully saturated rings. The molecule has 3 rings (SSSR count). The van der Waals surface area contributed by atoms with Crippen molar-refractivity contribution >= 4 is 22.4 Å². The van der Waals surface area contributed by atoms with Gasteiger partial charge in [0.1, 0.15) is 5.56 Å². The summed E-state index contributed by atoms with van der Waals surface area (Å²) in [6, 6.07) is 0. The van der Waals surface area contributed by atoms with E-state index in [0.29, 0.717) is 11.0 Å². The Kier molecular flexibility index (Phi) is 4.64. The minimum absolute atomic E-state index is 0.0738. The largest absolute Gasteiger partial charge is 0.330 e. The Bertz CT molecular complexity index is 978. The van der Waals surface area contributed by atoms with Gasteiger partial charge in [0.15, 0.2) is 5.13 Å². The number of hydrogen-bond donors (Lipinski definition) is 1. The molecule has 1 N–H and O–H groups in total. The molecule has 1 unspecified atom stereocenters. The van der Waals surface area contributed by atoms with Crippen LogP contribution in [0.25, 0.3) is 0 Å². The van der Waals surface area contributed by atoms with E-state index in [1.54, 1.807) is 0 Å². The van der Waals surface area contributed by atoms with Gasteiger partial charge in [-0.1, -0.05) is 20.8 Å². The highest BCUT2D eigenvalue weighted by Crippen LogP contribution is 2.40. The highest BCUT2D eigenvalue weighted by Gasteiger charge is 2.31. The summed E-state index contributed by atoms with van der Waals surface area (Å²) in [5, 5.41) is 3.23. The molecule has 0 saturated heterocycles. The van der Waals surface area contributed by atoms with Gasteiger partial charge in [0.2, 0.25) is 0 Å². The Morgan fingerprint density at radius 2 is 2.00 bits per heavy atom. The van der Waals surface area contributed by atoms with Crippen LogP contribution in [0.15, 0.2) is 15.8 Å². The van der Waals surface area contributed by atoms with Crippen LogP contribution in [0.1, 0.15) is 48.1 Å². The number of amides is 1. The van der Waals surface area contributed by atoms with Crippen LogP contribution in [0.5, 0.6) is 0 Å². The molecule has 0 spiro atoms. The Morgan fingerprint density at radius 1 is 1.31 bits per heavy atom. The predicted molar refractivity (Wildman–Crippen MR) is 102 cm³/mol. The smallest absolute Gasteiger partial charge is 0.303 e. The molecule has 0 aliphatic heterocycles. The average molecular weight is 376 g/mol. The zero-order chi connectivity index (χ0) is 19.2. The molecule has 26 heavy (non-hydrogen) atoms. The van der Waals surface area contributed by atoms with Gasteiger partial charge in [-0.25, -0.2) is 9.78 Å². The molecule has 0 radical (unpaired) electrons. The first kappa shape index (κ1) is 18.6. The lowest BCUT2D eigenvalue weighted by Gasteiger charge is -2.33. The summed E-state index contributed by atoms with van der Waals surface area (Å²) in [5.74, 6) is 0.0506. The first-order valence-corrected chi connectivity index (χ1v) is 9.46. The zero-order valence-corrected chi connectivity index (χ0v) is 16.6. The van der Waals surface area contributed by atoms with Crippen molar-refractivity contribution in [2.45, 2.75) is 40.0 Å². The van der Waals surface area contributed by atoms with E-state index >= 15 is 0 Å². The average Bonchev–Trinajstić information content (AvgIpc) is 2.96. The van der Waals surface area contributed by atoms with Crippen molar-refractivity contribution in [1.82, 2.24) is 14.1 Å². The number of rotatable bonds is 2. The van der Waals surface area contributed by atoms with Crippen LogP contribution in [0.2, 0.25) is 0 Å². The van der Waals surface area contributed by atoms with Gasteiger partial charge < -0.3 is 4.57 Å². The van der Waals surface area contributed by atoms with E-state index in [0.717, 1.165) is 29.5 Å². The van der Waals surface area contributed by atoms with Crippen molar-refractivity contribution < 1.29 is 4.79 Å². The Balaban J connectivity index is 1.84. The lowest BCUT2D eigenvalue weighted by atomic mass is 9.73. The van der Waals surface area contributed by atoms with Gasteiger partial charge in [-0.05, 0) is 30.6 Å². The number of anilines is 1. The van der Waals surface area contributed by atoms with Gasteiger partial charge in [0.05, 0.1) is 5.69 Å². The molecule has 2 aromatic rings. The second-order valence-electron chi connectivity index (χ2n) is 7.95. The number of carbonyl (C=O) groups excluding carboxylic acids is 1. The molecule has 1 aliphatic rings. The first-order chi connectivity index (χ1) is 12.1. The Hall–Kier alpha value is -2.22. The lowest BCUT2D eigenvalue weighted by molar-refractivity contribution is 0.102. The maximum absolute atomic E-state index is 12.5. The van der Waals surface area contributed by atoms with Crippen LogP contribution in [0.4, 0.5) is 5.13 Å². The highest BCUT2D eigenvalue weighted by molar-refractivity contribution is 7.15. The fraction of sp³-hybridized carbons (Fsp3) is 0.556. The fourth-order valence-electron chi connectivity index (χ4n) is 3.30. The van der Waals surface area contributed by atoms with Crippen molar-refractivity contribution in [2.75, 3.05) is 5.32 Å². The molecule has 2 aromatic heterocycles. The van der Waals surface area contributed by atoms with E-state index in [-0.39, 0.29) is 11.0 Å². The molecular weight excluding hydrogens is 352 g/mol. The molecule has 0 saturated carbocycles. The van der Waals surface area contributed by atoms with Crippen LogP contribution < -0.4 is 16.6 Å². The van der Waals surface area contributed by atoms with Gasteiger partial charge in [-0.15, -0.1) is 11.3 Å². The molecule has 1 aliphatic carbocycles. The Labute approximate surface area is 155 Å². The minimum Gasteiger partial charge on any atom is -0.303 e. The fourth-order valence-corrected chi connectivity index (χ4v) is 4.38. The summed E-state index contributed by atoms with van der Waals surface area (Å²) in [6.45, 7) is 6.76. The lowest BCUT2D eigenvalue weighted by Crippen LogP contribution is -2.40. The molecule has 140 valence electrons. The third-order valence-electron chi connectivity index (χ3n) is 5.08. The zero-order valence-electron chi connectivity index (χ0n) is 15.8. The molecule has 1 amide bonds. The van der Waals surface area contributed by atoms with Crippen LogP contribution in [-0.4, -0.2) is 20.0 Å². The maximum Gasteiger partial charge on any atom is 0.330 e. The Morgan fingerprint density at radius 3 is 2.65 bits per heavy atom. The monoisotopic (exact) mass is 376 g/mol. The van der Waals surface area contributed by atoms with Gasteiger partial charge in [0.25, 0.3) is 11.5 Å². The summed E-state index contributed by atoms with van der Waals surface area (Å²) >= 11 is 1.48. The molecule has 1 atom stereocenters. The SMILES string of the molecule is Cn1cc(C(=O)Nc2nc3c(s2)CC(C(C)(C)C)CC3)c(=O)n(C)c1=O. The van der Waals surface area contributed by atoms with Gasteiger partial charge in [-0.3, -0.25) is 19.5 Å². The van der Waals surface area contributed by atoms with Crippen molar-refractivity contribution in [3.05, 3.63) is 43.2 Å². The third kappa shape index (κ3) is 3.38. The molecule has 0 aromatic carbocycles. The number of aromatic nitrogens is 3. The molecule has 7 nitrogen and oxygen atoms in total. The highest BCUT2D eigenvalue weighted by atomic mass is 32.1. The second kappa shape index (κ2) is 6.50. The number of fused-ring (bicyclic) bond motifs is 1. The maximum atomic E-state index is 12.5. The van der Waals surface area contributed by atoms with Crippen LogP contribution >= 0.6 is 11.3 Å². The van der Waals surface area contributed by atoms with E-state index in [4.69, 9.17) is 0 Å². The summed E-state index contributed by atoms with van der Waals surface area (Å²) in [4.78, 5) is 42.2. The number of aryl methyl sites for hydroxylation is 2. The standard InChI is InChI=1S/C18H24N4O3S/c1-18(2,3)10-6-7-12-13(8-10)26-16(19-12)20-14(23)11-9-21(4)17(25)22(5)15(11)24/h9-10H,6-8H2,1-5H3,(H,19,20,23). The van der Waals surface area contributed by atoms with E-state index in [1.165, 1.54) is 41.1 Å². The van der Waals surface area contributed by atoms with Crippen LogP contribution in [0.3, 0.4) is 0 Å². The van der Waals surface area contributed by atoms with Crippen molar-refractivity contribution in [3.63, 3.8) is 0 Å². The van der Waals surface area contributed by atoms with E-state index in [1.807, 2.05) is 0 Å². The van der Waals surface area contributed by atoms with Crippen LogP contribution in [0, 0.1) is 11.3 Å². The normalized spacial score (nSPS) is 17.0. The topological polar surface area (TPSA) is 86.0 Å². The minimum atomic E-state index is -0.611. The van der Waals surface area contributed by atoms with Gasteiger partial charge >= 0.3 is 5.69 Å². The first-order valence-electron chi connectivity index (χ1n) is 8.64. The molecule has 8 heteroatoms. The summed E-state index contributed by atoms with van der Waals surface area (Å²) in [6.07, 6.45) is 4.23. The number of thiazole rings is 1. The number of nitrogens with one attached hydrogen (secondary N) is 1. The van der Waals surface area contributed by atoms with Crippen molar-refractivity contribution in [2.24, 2.45) is 25.4 Å². The number of hydrogen-bond acceptors (Lipinski definition) is 5. The quantitative estimate of drug-likeness (QED) is 0.868. The summed E-state index contributed by atoms with van der Waals surface area (Å²) in [7, 11) is 2.86. The van der Waals surface area contributed by atoms with Gasteiger partial charge in [-0.2, -0.15) is 0 Å². The van der Waals surface area contributed by atoms with E-state index in [9.17, 15) is 14.4 Å². The van der Waals surface area contributed by atoms with E-state index in [2.05, 4.69) is 31.1 Å². The van der Waals surface area contributed by atoms with Crippen molar-refractivity contribution in [3.8, 4) is 0 Å². The van der Waals surface area contributed by atoms with Crippen molar-refractivity contribution in [1.29, 1.82) is 0 Å². The molecule has 2 heterocycles. The number of nitrogens with zero attached hydrogens (tertiary/aromatic N) is 3. The predicted octanol–water partition coefficient (Wildman–Crippen LogP) is 1.94. The number of carbonyl (C=O) groups is 1. The molecular formula is C18H24N4O3S.